The van der Waals surface area contributed by atoms with Crippen LogP contribution in [0.25, 0.3) is 11.3 Å². The van der Waals surface area contributed by atoms with Gasteiger partial charge in [-0.2, -0.15) is 0 Å². The number of nitrogens with one attached hydrogen (secondary N) is 1. The smallest absolute Gasteiger partial charge is 0.262 e. The average Bonchev–Trinajstić information content (AvgIpc) is 3.11. The molecule has 0 aliphatic rings. The van der Waals surface area contributed by atoms with Crippen LogP contribution >= 0.6 is 11.3 Å². The molecule has 0 fully saturated rings. The molecule has 3 aromatic rings. The van der Waals surface area contributed by atoms with E-state index in [1.54, 1.807) is 19.1 Å². The molecule has 2 heterocycles. The Morgan fingerprint density at radius 1 is 1.24 bits per heavy atom. The molecule has 130 valence electrons. The maximum Gasteiger partial charge on any atom is 0.262 e. The van der Waals surface area contributed by atoms with Crippen molar-refractivity contribution in [3.05, 3.63) is 52.0 Å². The Kier molecular flexibility index (Phi) is 4.67. The Labute approximate surface area is 148 Å². The third-order valence-corrected chi connectivity index (χ3v) is 4.66. The zero-order valence-electron chi connectivity index (χ0n) is 14.4. The first-order valence-electron chi connectivity index (χ1n) is 7.87. The van der Waals surface area contributed by atoms with Crippen molar-refractivity contribution < 1.29 is 13.7 Å². The number of nitrogens with zero attached hydrogens (tertiary/aromatic N) is 2. The number of halogens is 1. The van der Waals surface area contributed by atoms with Crippen LogP contribution < -0.4 is 5.32 Å². The van der Waals surface area contributed by atoms with Crippen molar-refractivity contribution in [2.24, 2.45) is 0 Å². The van der Waals surface area contributed by atoms with Crippen molar-refractivity contribution in [3.8, 4) is 11.3 Å². The number of carbonyl (C=O) groups excluding carboxylic acids is 1. The van der Waals surface area contributed by atoms with E-state index < -0.39 is 0 Å². The molecular formula is C18H18FN3O2S. The topological polar surface area (TPSA) is 68.0 Å². The first-order valence-corrected chi connectivity index (χ1v) is 8.69. The van der Waals surface area contributed by atoms with Crippen LogP contribution in [0, 0.1) is 19.7 Å². The molecule has 1 N–H and O–H groups in total. The van der Waals surface area contributed by atoms with E-state index in [0.29, 0.717) is 22.1 Å². The van der Waals surface area contributed by atoms with Crippen molar-refractivity contribution in [1.29, 1.82) is 0 Å². The van der Waals surface area contributed by atoms with Crippen LogP contribution in [-0.4, -0.2) is 16.0 Å². The van der Waals surface area contributed by atoms with Gasteiger partial charge in [0.1, 0.15) is 11.4 Å². The van der Waals surface area contributed by atoms with E-state index >= 15 is 0 Å². The Bertz CT molecular complexity index is 913. The van der Waals surface area contributed by atoms with Crippen LogP contribution in [0.4, 0.5) is 9.52 Å². The predicted octanol–water partition coefficient (Wildman–Crippen LogP) is 4.93. The molecular weight excluding hydrogens is 341 g/mol. The second-order valence-electron chi connectivity index (χ2n) is 6.05. The van der Waals surface area contributed by atoms with Gasteiger partial charge in [-0.3, -0.25) is 10.1 Å². The first kappa shape index (κ1) is 17.3. The summed E-state index contributed by atoms with van der Waals surface area (Å²) >= 11 is 1.37. The van der Waals surface area contributed by atoms with Crippen LogP contribution in [0.5, 0.6) is 0 Å². The highest BCUT2D eigenvalue weighted by Crippen LogP contribution is 2.31. The summed E-state index contributed by atoms with van der Waals surface area (Å²) in [7, 11) is 0. The van der Waals surface area contributed by atoms with Gasteiger partial charge in [-0.1, -0.05) is 19.0 Å². The average molecular weight is 359 g/mol. The highest BCUT2D eigenvalue weighted by molar-refractivity contribution is 7.16. The minimum Gasteiger partial charge on any atom is -0.360 e. The number of aryl methyl sites for hydroxylation is 2. The van der Waals surface area contributed by atoms with E-state index in [1.165, 1.54) is 23.5 Å². The Morgan fingerprint density at radius 3 is 2.56 bits per heavy atom. The SMILES string of the molecule is Cc1noc(C(C)C)c1C(=O)Nc1nc(-c2ccc(F)cc2)c(C)s1. The Morgan fingerprint density at radius 2 is 1.92 bits per heavy atom. The number of carbonyl (C=O) groups is 1. The standard InChI is InChI=1S/C18H18FN3O2S/c1-9(2)16-14(10(3)22-24-16)17(23)21-18-20-15(11(4)25-18)12-5-7-13(19)8-6-12/h5-9H,1-4H3,(H,20,21,23). The molecule has 25 heavy (non-hydrogen) atoms. The van der Waals surface area contributed by atoms with E-state index in [4.69, 9.17) is 4.52 Å². The molecule has 3 rings (SSSR count). The number of hydrogen-bond acceptors (Lipinski definition) is 5. The third kappa shape index (κ3) is 3.46. The molecule has 0 saturated carbocycles. The molecule has 0 aliphatic heterocycles. The molecule has 0 bridgehead atoms. The van der Waals surface area contributed by atoms with Gasteiger partial charge in [0.15, 0.2) is 10.9 Å². The minimum absolute atomic E-state index is 0.0507. The summed E-state index contributed by atoms with van der Waals surface area (Å²) in [6.07, 6.45) is 0. The number of hydrogen-bond donors (Lipinski definition) is 1. The van der Waals surface area contributed by atoms with Gasteiger partial charge in [0.2, 0.25) is 0 Å². The summed E-state index contributed by atoms with van der Waals surface area (Å²) in [6.45, 7) is 7.53. The summed E-state index contributed by atoms with van der Waals surface area (Å²) < 4.78 is 18.4. The molecule has 7 heteroatoms. The first-order chi connectivity index (χ1) is 11.9. The molecule has 1 aromatic carbocycles. The van der Waals surface area contributed by atoms with E-state index in [9.17, 15) is 9.18 Å². The van der Waals surface area contributed by atoms with Gasteiger partial charge in [-0.05, 0) is 38.1 Å². The van der Waals surface area contributed by atoms with E-state index in [0.717, 1.165) is 16.1 Å². The van der Waals surface area contributed by atoms with Gasteiger partial charge in [0, 0.05) is 16.4 Å². The largest absolute Gasteiger partial charge is 0.360 e. The van der Waals surface area contributed by atoms with E-state index in [2.05, 4.69) is 15.5 Å². The lowest BCUT2D eigenvalue weighted by molar-refractivity contribution is 0.102. The summed E-state index contributed by atoms with van der Waals surface area (Å²) in [6, 6.07) is 6.12. The molecule has 0 atom stereocenters. The van der Waals surface area contributed by atoms with Gasteiger partial charge in [-0.15, -0.1) is 11.3 Å². The number of thiazole rings is 1. The fraction of sp³-hybridized carbons (Fsp3) is 0.278. The van der Waals surface area contributed by atoms with Crippen molar-refractivity contribution in [3.63, 3.8) is 0 Å². The maximum absolute atomic E-state index is 13.1. The summed E-state index contributed by atoms with van der Waals surface area (Å²) in [4.78, 5) is 18.0. The second-order valence-corrected chi connectivity index (χ2v) is 7.25. The van der Waals surface area contributed by atoms with Crippen LogP contribution in [0.1, 0.15) is 46.5 Å². The van der Waals surface area contributed by atoms with Gasteiger partial charge < -0.3 is 4.52 Å². The lowest BCUT2D eigenvalue weighted by atomic mass is 10.0. The molecule has 5 nitrogen and oxygen atoms in total. The van der Waals surface area contributed by atoms with Crippen molar-refractivity contribution in [2.45, 2.75) is 33.6 Å². The lowest BCUT2D eigenvalue weighted by Gasteiger charge is -2.04. The monoisotopic (exact) mass is 359 g/mol. The van der Waals surface area contributed by atoms with Crippen molar-refractivity contribution in [2.75, 3.05) is 5.32 Å². The van der Waals surface area contributed by atoms with Gasteiger partial charge in [-0.25, -0.2) is 9.37 Å². The number of benzene rings is 1. The number of amides is 1. The van der Waals surface area contributed by atoms with Crippen molar-refractivity contribution in [1.82, 2.24) is 10.1 Å². The zero-order chi connectivity index (χ0) is 18.1. The number of anilines is 1. The molecule has 0 aliphatic carbocycles. The van der Waals surface area contributed by atoms with Gasteiger partial charge in [0.05, 0.1) is 11.4 Å². The fourth-order valence-electron chi connectivity index (χ4n) is 2.54. The quantitative estimate of drug-likeness (QED) is 0.717. The summed E-state index contributed by atoms with van der Waals surface area (Å²) in [5.41, 5.74) is 2.53. The fourth-order valence-corrected chi connectivity index (χ4v) is 3.37. The highest BCUT2D eigenvalue weighted by atomic mass is 32.1. The number of aromatic nitrogens is 2. The van der Waals surface area contributed by atoms with Crippen LogP contribution in [0.3, 0.4) is 0 Å². The lowest BCUT2D eigenvalue weighted by Crippen LogP contribution is -2.14. The summed E-state index contributed by atoms with van der Waals surface area (Å²) in [5, 5.41) is 7.19. The highest BCUT2D eigenvalue weighted by Gasteiger charge is 2.23. The van der Waals surface area contributed by atoms with Crippen molar-refractivity contribution >= 4 is 22.4 Å². The van der Waals surface area contributed by atoms with Crippen LogP contribution in [-0.2, 0) is 0 Å². The third-order valence-electron chi connectivity index (χ3n) is 3.78. The molecule has 0 saturated heterocycles. The predicted molar refractivity (Wildman–Crippen MR) is 95.5 cm³/mol. The molecule has 0 unspecified atom stereocenters. The normalized spacial score (nSPS) is 11.1. The summed E-state index contributed by atoms with van der Waals surface area (Å²) in [5.74, 6) is 0.0213. The van der Waals surface area contributed by atoms with E-state index in [1.807, 2.05) is 20.8 Å². The second kappa shape index (κ2) is 6.76. The Hall–Kier alpha value is -2.54. The van der Waals surface area contributed by atoms with E-state index in [-0.39, 0.29) is 17.6 Å². The zero-order valence-corrected chi connectivity index (χ0v) is 15.2. The Balaban J connectivity index is 1.87. The van der Waals surface area contributed by atoms with Gasteiger partial charge >= 0.3 is 0 Å². The van der Waals surface area contributed by atoms with Crippen LogP contribution in [0.2, 0.25) is 0 Å². The molecule has 2 aromatic heterocycles. The van der Waals surface area contributed by atoms with Crippen LogP contribution in [0.15, 0.2) is 28.8 Å². The molecule has 0 spiro atoms. The molecule has 0 radical (unpaired) electrons. The van der Waals surface area contributed by atoms with Gasteiger partial charge in [0.25, 0.3) is 5.91 Å². The number of rotatable bonds is 4. The molecule has 1 amide bonds. The maximum atomic E-state index is 13.1. The minimum atomic E-state index is -0.297.